The molecule has 0 saturated carbocycles. The van der Waals surface area contributed by atoms with Gasteiger partial charge in [0.05, 0.1) is 11.2 Å². The first-order valence-corrected chi connectivity index (χ1v) is 7.19. The Morgan fingerprint density at radius 3 is 2.67 bits per heavy atom. The molecule has 0 radical (unpaired) electrons. The second kappa shape index (κ2) is 6.41. The molecule has 1 aromatic heterocycles. The van der Waals surface area contributed by atoms with Crippen molar-refractivity contribution in [1.82, 2.24) is 4.98 Å². The van der Waals surface area contributed by atoms with Crippen molar-refractivity contribution >= 4 is 11.8 Å². The van der Waals surface area contributed by atoms with Gasteiger partial charge in [0, 0.05) is 45.3 Å². The molecule has 1 aromatic rings. The molecule has 1 fully saturated rings. The number of nitrogens with zero attached hydrogens (tertiary/aromatic N) is 2. The van der Waals surface area contributed by atoms with Gasteiger partial charge in [-0.1, -0.05) is 6.92 Å². The van der Waals surface area contributed by atoms with E-state index in [0.717, 1.165) is 5.69 Å². The van der Waals surface area contributed by atoms with E-state index in [9.17, 15) is 15.0 Å². The first-order valence-electron chi connectivity index (χ1n) is 7.19. The van der Waals surface area contributed by atoms with Crippen molar-refractivity contribution in [1.29, 1.82) is 0 Å². The molecule has 2 N–H and O–H groups in total. The minimum atomic E-state index is -0.966. The van der Waals surface area contributed by atoms with E-state index in [0.29, 0.717) is 44.8 Å². The maximum absolute atomic E-state index is 11.2. The van der Waals surface area contributed by atoms with Gasteiger partial charge in [-0.25, -0.2) is 9.78 Å². The SMILES string of the molecule is CCc1cc(C(=O)O)cc(N(C)CC2(O)CCOCC2)n1. The van der Waals surface area contributed by atoms with Gasteiger partial charge in [-0.3, -0.25) is 0 Å². The number of rotatable bonds is 5. The van der Waals surface area contributed by atoms with E-state index in [1.54, 1.807) is 12.1 Å². The zero-order valence-electron chi connectivity index (χ0n) is 12.5. The van der Waals surface area contributed by atoms with Crippen LogP contribution in [0.15, 0.2) is 12.1 Å². The Morgan fingerprint density at radius 1 is 1.43 bits per heavy atom. The van der Waals surface area contributed by atoms with Crippen LogP contribution in [0.5, 0.6) is 0 Å². The summed E-state index contributed by atoms with van der Waals surface area (Å²) in [6.45, 7) is 3.44. The number of carboxylic acid groups (broad SMARTS) is 1. The molecule has 1 aliphatic rings. The summed E-state index contributed by atoms with van der Waals surface area (Å²) in [4.78, 5) is 17.5. The number of carboxylic acids is 1. The normalized spacial score (nSPS) is 17.5. The molecule has 6 nitrogen and oxygen atoms in total. The Morgan fingerprint density at radius 2 is 2.10 bits per heavy atom. The fourth-order valence-corrected chi connectivity index (χ4v) is 2.50. The van der Waals surface area contributed by atoms with E-state index in [1.165, 1.54) is 0 Å². The van der Waals surface area contributed by atoms with Gasteiger partial charge < -0.3 is 19.8 Å². The Kier molecular flexibility index (Phi) is 4.80. The highest BCUT2D eigenvalue weighted by Gasteiger charge is 2.31. The summed E-state index contributed by atoms with van der Waals surface area (Å²) in [5.41, 5.74) is 0.152. The van der Waals surface area contributed by atoms with Crippen LogP contribution >= 0.6 is 0 Å². The third-order valence-electron chi connectivity index (χ3n) is 3.82. The lowest BCUT2D eigenvalue weighted by atomic mass is 9.94. The van der Waals surface area contributed by atoms with Crippen molar-refractivity contribution < 1.29 is 19.7 Å². The Balaban J connectivity index is 2.19. The number of aliphatic hydroxyl groups is 1. The average Bonchev–Trinajstić information content (AvgIpc) is 2.46. The van der Waals surface area contributed by atoms with Crippen LogP contribution in [0.25, 0.3) is 0 Å². The van der Waals surface area contributed by atoms with Crippen LogP contribution in [0.2, 0.25) is 0 Å². The summed E-state index contributed by atoms with van der Waals surface area (Å²) >= 11 is 0. The van der Waals surface area contributed by atoms with Crippen LogP contribution in [0.3, 0.4) is 0 Å². The van der Waals surface area contributed by atoms with E-state index in [4.69, 9.17) is 4.74 Å². The zero-order valence-corrected chi connectivity index (χ0v) is 12.5. The number of carbonyl (C=O) groups is 1. The number of aromatic carboxylic acids is 1. The lowest BCUT2D eigenvalue weighted by Gasteiger charge is -2.36. The topological polar surface area (TPSA) is 82.9 Å². The summed E-state index contributed by atoms with van der Waals surface area (Å²) in [5.74, 6) is -0.391. The highest BCUT2D eigenvalue weighted by Crippen LogP contribution is 2.24. The molecule has 2 rings (SSSR count). The minimum absolute atomic E-state index is 0.225. The van der Waals surface area contributed by atoms with Crippen molar-refractivity contribution in [2.45, 2.75) is 31.8 Å². The number of hydrogen-bond donors (Lipinski definition) is 2. The molecule has 0 amide bonds. The standard InChI is InChI=1S/C15H22N2O4/c1-3-12-8-11(14(18)19)9-13(16-12)17(2)10-15(20)4-6-21-7-5-15/h8-9,20H,3-7,10H2,1-2H3,(H,18,19). The summed E-state index contributed by atoms with van der Waals surface area (Å²) in [5, 5.41) is 19.7. The fourth-order valence-electron chi connectivity index (χ4n) is 2.50. The van der Waals surface area contributed by atoms with Gasteiger partial charge >= 0.3 is 5.97 Å². The van der Waals surface area contributed by atoms with Gasteiger partial charge in [0.1, 0.15) is 5.82 Å². The Hall–Kier alpha value is -1.66. The van der Waals surface area contributed by atoms with E-state index >= 15 is 0 Å². The second-order valence-corrected chi connectivity index (χ2v) is 5.56. The molecule has 2 heterocycles. The highest BCUT2D eigenvalue weighted by atomic mass is 16.5. The quantitative estimate of drug-likeness (QED) is 0.852. The number of hydrogen-bond acceptors (Lipinski definition) is 5. The monoisotopic (exact) mass is 294 g/mol. The third-order valence-corrected chi connectivity index (χ3v) is 3.82. The van der Waals surface area contributed by atoms with Gasteiger partial charge in [0.2, 0.25) is 0 Å². The van der Waals surface area contributed by atoms with Crippen molar-refractivity contribution in [2.75, 3.05) is 31.7 Å². The second-order valence-electron chi connectivity index (χ2n) is 5.56. The number of ether oxygens (including phenoxy) is 1. The van der Waals surface area contributed by atoms with Gasteiger partial charge in [-0.05, 0) is 18.6 Å². The molecular formula is C15H22N2O4. The predicted molar refractivity (Wildman–Crippen MR) is 78.8 cm³/mol. The number of likely N-dealkylation sites (N-methyl/N-ethyl adjacent to an activating group) is 1. The van der Waals surface area contributed by atoms with Gasteiger partial charge in [0.15, 0.2) is 0 Å². The molecule has 21 heavy (non-hydrogen) atoms. The molecular weight excluding hydrogens is 272 g/mol. The largest absolute Gasteiger partial charge is 0.478 e. The third kappa shape index (κ3) is 3.92. The van der Waals surface area contributed by atoms with Gasteiger partial charge in [0.25, 0.3) is 0 Å². The predicted octanol–water partition coefficient (Wildman–Crippen LogP) is 1.32. The van der Waals surface area contributed by atoms with Crippen molar-refractivity contribution in [2.24, 2.45) is 0 Å². The summed E-state index contributed by atoms with van der Waals surface area (Å²) in [7, 11) is 1.82. The molecule has 0 aromatic carbocycles. The number of aromatic nitrogens is 1. The number of aryl methyl sites for hydroxylation is 1. The van der Waals surface area contributed by atoms with Crippen molar-refractivity contribution in [3.8, 4) is 0 Å². The molecule has 0 unspecified atom stereocenters. The molecule has 0 atom stereocenters. The van der Waals surface area contributed by atoms with Gasteiger partial charge in [-0.2, -0.15) is 0 Å². The minimum Gasteiger partial charge on any atom is -0.478 e. The van der Waals surface area contributed by atoms with Crippen LogP contribution in [-0.2, 0) is 11.2 Å². The number of anilines is 1. The smallest absolute Gasteiger partial charge is 0.335 e. The van der Waals surface area contributed by atoms with Crippen LogP contribution in [0.1, 0.15) is 35.8 Å². The lowest BCUT2D eigenvalue weighted by Crippen LogP contribution is -2.46. The Labute approximate surface area is 124 Å². The molecule has 0 bridgehead atoms. The van der Waals surface area contributed by atoms with Crippen molar-refractivity contribution in [3.05, 3.63) is 23.4 Å². The van der Waals surface area contributed by atoms with Crippen LogP contribution in [0, 0.1) is 0 Å². The van der Waals surface area contributed by atoms with Crippen molar-refractivity contribution in [3.63, 3.8) is 0 Å². The fraction of sp³-hybridized carbons (Fsp3) is 0.600. The zero-order chi connectivity index (χ0) is 15.5. The molecule has 1 saturated heterocycles. The first-order chi connectivity index (χ1) is 9.93. The van der Waals surface area contributed by atoms with Crippen LogP contribution < -0.4 is 4.90 Å². The van der Waals surface area contributed by atoms with E-state index < -0.39 is 11.6 Å². The lowest BCUT2D eigenvalue weighted by molar-refractivity contribution is -0.0573. The maximum Gasteiger partial charge on any atom is 0.335 e. The average molecular weight is 294 g/mol. The van der Waals surface area contributed by atoms with E-state index in [1.807, 2.05) is 18.9 Å². The Bertz CT molecular complexity index is 512. The maximum atomic E-state index is 11.2. The molecule has 116 valence electrons. The van der Waals surface area contributed by atoms with Crippen LogP contribution in [-0.4, -0.2) is 53.6 Å². The first kappa shape index (κ1) is 15.7. The summed E-state index contributed by atoms with van der Waals surface area (Å²) < 4.78 is 5.27. The highest BCUT2D eigenvalue weighted by molar-refractivity contribution is 5.88. The number of pyridine rings is 1. The van der Waals surface area contributed by atoms with E-state index in [2.05, 4.69) is 4.98 Å². The molecule has 1 aliphatic heterocycles. The molecule has 6 heteroatoms. The summed E-state index contributed by atoms with van der Waals surface area (Å²) in [6.07, 6.45) is 1.83. The summed E-state index contributed by atoms with van der Waals surface area (Å²) in [6, 6.07) is 3.13. The van der Waals surface area contributed by atoms with Gasteiger partial charge in [-0.15, -0.1) is 0 Å². The molecule has 0 spiro atoms. The molecule has 0 aliphatic carbocycles. The van der Waals surface area contributed by atoms with Crippen LogP contribution in [0.4, 0.5) is 5.82 Å². The van der Waals surface area contributed by atoms with E-state index in [-0.39, 0.29) is 5.56 Å².